The molecular formula is C20H30N2O4S. The Morgan fingerprint density at radius 2 is 1.74 bits per heavy atom. The van der Waals surface area contributed by atoms with Crippen molar-refractivity contribution in [1.82, 2.24) is 9.21 Å². The summed E-state index contributed by atoms with van der Waals surface area (Å²) in [7, 11) is -2.16. The van der Waals surface area contributed by atoms with Crippen molar-refractivity contribution < 1.29 is 17.9 Å². The van der Waals surface area contributed by atoms with Gasteiger partial charge in [0.05, 0.1) is 12.0 Å². The molecule has 3 rings (SSSR count). The highest BCUT2D eigenvalue weighted by atomic mass is 32.2. The Morgan fingerprint density at radius 3 is 2.37 bits per heavy atom. The number of rotatable bonds is 4. The van der Waals surface area contributed by atoms with Crippen molar-refractivity contribution in [3.8, 4) is 5.75 Å². The third kappa shape index (κ3) is 3.85. The first-order valence-electron chi connectivity index (χ1n) is 9.71. The van der Waals surface area contributed by atoms with Gasteiger partial charge in [0.1, 0.15) is 11.8 Å². The third-order valence-corrected chi connectivity index (χ3v) is 7.91. The third-order valence-electron chi connectivity index (χ3n) is 5.86. The second kappa shape index (κ2) is 7.80. The zero-order chi connectivity index (χ0) is 19.8. The van der Waals surface area contributed by atoms with E-state index in [1.165, 1.54) is 4.31 Å². The number of carbonyl (C=O) groups excluding carboxylic acids is 1. The molecule has 1 aromatic rings. The number of amides is 1. The first-order valence-corrected chi connectivity index (χ1v) is 11.2. The second-order valence-electron chi connectivity index (χ2n) is 7.87. The van der Waals surface area contributed by atoms with Crippen molar-refractivity contribution in [3.63, 3.8) is 0 Å². The maximum Gasteiger partial charge on any atom is 0.244 e. The summed E-state index contributed by atoms with van der Waals surface area (Å²) in [5.74, 6) is 1.26. The smallest absolute Gasteiger partial charge is 0.244 e. The lowest BCUT2D eigenvalue weighted by atomic mass is 9.98. The average molecular weight is 395 g/mol. The van der Waals surface area contributed by atoms with E-state index in [1.807, 2.05) is 11.8 Å². The van der Waals surface area contributed by atoms with Crippen LogP contribution in [0.5, 0.6) is 5.75 Å². The van der Waals surface area contributed by atoms with Crippen LogP contribution in [0.3, 0.4) is 0 Å². The number of aryl methyl sites for hydroxylation is 2. The molecule has 2 saturated heterocycles. The number of nitrogens with zero attached hydrogens (tertiary/aromatic N) is 2. The zero-order valence-electron chi connectivity index (χ0n) is 16.7. The number of carbonyl (C=O) groups is 1. The number of benzene rings is 1. The predicted molar refractivity (Wildman–Crippen MR) is 104 cm³/mol. The number of piperidine rings is 1. The van der Waals surface area contributed by atoms with Gasteiger partial charge in [-0.1, -0.05) is 6.92 Å². The van der Waals surface area contributed by atoms with Gasteiger partial charge in [-0.15, -0.1) is 0 Å². The monoisotopic (exact) mass is 394 g/mol. The molecule has 0 spiro atoms. The molecule has 2 fully saturated rings. The van der Waals surface area contributed by atoms with Gasteiger partial charge < -0.3 is 9.64 Å². The molecule has 1 aromatic carbocycles. The van der Waals surface area contributed by atoms with Crippen LogP contribution in [-0.4, -0.2) is 56.3 Å². The number of sulfonamides is 1. The van der Waals surface area contributed by atoms with E-state index >= 15 is 0 Å². The molecule has 0 N–H and O–H groups in total. The van der Waals surface area contributed by atoms with E-state index in [4.69, 9.17) is 4.74 Å². The van der Waals surface area contributed by atoms with Crippen molar-refractivity contribution in [2.75, 3.05) is 26.7 Å². The standard InChI is InChI=1S/C20H30N2O4S/c1-14-7-10-21(11-8-14)20(23)17-6-5-9-22(17)27(24,25)19-13-15(2)18(26-4)12-16(19)3/h12-14,17H,5-11H2,1-4H3/t17-/m0/s1. The van der Waals surface area contributed by atoms with Crippen LogP contribution in [0.15, 0.2) is 17.0 Å². The van der Waals surface area contributed by atoms with Gasteiger partial charge in [-0.2, -0.15) is 4.31 Å². The van der Waals surface area contributed by atoms with Crippen LogP contribution in [0.4, 0.5) is 0 Å². The summed E-state index contributed by atoms with van der Waals surface area (Å²) in [4.78, 5) is 15.2. The highest BCUT2D eigenvalue weighted by Crippen LogP contribution is 2.32. The molecule has 2 aliphatic rings. The van der Waals surface area contributed by atoms with E-state index in [-0.39, 0.29) is 10.8 Å². The summed E-state index contributed by atoms with van der Waals surface area (Å²) < 4.78 is 33.5. The van der Waals surface area contributed by atoms with Crippen LogP contribution in [0.2, 0.25) is 0 Å². The minimum absolute atomic E-state index is 0.0362. The predicted octanol–water partition coefficient (Wildman–Crippen LogP) is 2.72. The molecule has 0 radical (unpaired) electrons. The Labute approximate surface area is 162 Å². The quantitative estimate of drug-likeness (QED) is 0.788. The molecule has 2 heterocycles. The SMILES string of the molecule is COc1cc(C)c(S(=O)(=O)N2CCC[C@H]2C(=O)N2CCC(C)CC2)cc1C. The maximum atomic E-state index is 13.4. The molecule has 1 atom stereocenters. The summed E-state index contributed by atoms with van der Waals surface area (Å²) >= 11 is 0. The fourth-order valence-corrected chi connectivity index (χ4v) is 6.05. The van der Waals surface area contributed by atoms with Crippen molar-refractivity contribution in [1.29, 1.82) is 0 Å². The molecule has 0 bridgehead atoms. The molecule has 150 valence electrons. The molecule has 27 heavy (non-hydrogen) atoms. The van der Waals surface area contributed by atoms with Crippen molar-refractivity contribution >= 4 is 15.9 Å². The molecule has 2 aliphatic heterocycles. The van der Waals surface area contributed by atoms with Gasteiger partial charge in [0, 0.05) is 19.6 Å². The molecular weight excluding hydrogens is 364 g/mol. The minimum atomic E-state index is -3.73. The van der Waals surface area contributed by atoms with E-state index < -0.39 is 16.1 Å². The Hall–Kier alpha value is -1.60. The average Bonchev–Trinajstić information content (AvgIpc) is 3.14. The summed E-state index contributed by atoms with van der Waals surface area (Å²) in [6.45, 7) is 7.65. The molecule has 0 saturated carbocycles. The van der Waals surface area contributed by atoms with Gasteiger partial charge in [0.25, 0.3) is 0 Å². The Morgan fingerprint density at radius 1 is 1.07 bits per heavy atom. The van der Waals surface area contributed by atoms with Gasteiger partial charge in [-0.3, -0.25) is 4.79 Å². The Balaban J connectivity index is 1.87. The summed E-state index contributed by atoms with van der Waals surface area (Å²) in [5, 5.41) is 0. The number of hydrogen-bond acceptors (Lipinski definition) is 4. The summed E-state index contributed by atoms with van der Waals surface area (Å²) in [6.07, 6.45) is 3.29. The van der Waals surface area contributed by atoms with E-state index in [9.17, 15) is 13.2 Å². The largest absolute Gasteiger partial charge is 0.496 e. The molecule has 7 heteroatoms. The fourth-order valence-electron chi connectivity index (χ4n) is 4.10. The molecule has 0 aromatic heterocycles. The number of ether oxygens (including phenoxy) is 1. The highest BCUT2D eigenvalue weighted by molar-refractivity contribution is 7.89. The van der Waals surface area contributed by atoms with E-state index in [1.54, 1.807) is 26.2 Å². The van der Waals surface area contributed by atoms with Crippen LogP contribution in [0, 0.1) is 19.8 Å². The van der Waals surface area contributed by atoms with Gasteiger partial charge in [0.15, 0.2) is 0 Å². The van der Waals surface area contributed by atoms with Crippen molar-refractivity contribution in [2.24, 2.45) is 5.92 Å². The van der Waals surface area contributed by atoms with Crippen molar-refractivity contribution in [3.05, 3.63) is 23.3 Å². The van der Waals surface area contributed by atoms with Gasteiger partial charge in [-0.25, -0.2) is 8.42 Å². The highest BCUT2D eigenvalue weighted by Gasteiger charge is 2.42. The lowest BCUT2D eigenvalue weighted by Gasteiger charge is -2.34. The number of likely N-dealkylation sites (tertiary alicyclic amines) is 1. The van der Waals surface area contributed by atoms with Crippen LogP contribution in [0.25, 0.3) is 0 Å². The van der Waals surface area contributed by atoms with Crippen LogP contribution < -0.4 is 4.74 Å². The lowest BCUT2D eigenvalue weighted by Crippen LogP contribution is -2.49. The van der Waals surface area contributed by atoms with Gasteiger partial charge >= 0.3 is 0 Å². The van der Waals surface area contributed by atoms with E-state index in [0.717, 1.165) is 31.5 Å². The van der Waals surface area contributed by atoms with E-state index in [0.29, 0.717) is 36.6 Å². The second-order valence-corrected chi connectivity index (χ2v) is 9.73. The first-order chi connectivity index (χ1) is 12.8. The molecule has 0 unspecified atom stereocenters. The molecule has 0 aliphatic carbocycles. The lowest BCUT2D eigenvalue weighted by molar-refractivity contribution is -0.135. The van der Waals surface area contributed by atoms with Crippen LogP contribution >= 0.6 is 0 Å². The number of methoxy groups -OCH3 is 1. The summed E-state index contributed by atoms with van der Waals surface area (Å²) in [6, 6.07) is 2.83. The van der Waals surface area contributed by atoms with Crippen molar-refractivity contribution in [2.45, 2.75) is 57.4 Å². The zero-order valence-corrected chi connectivity index (χ0v) is 17.5. The Kier molecular flexibility index (Phi) is 5.82. The molecule has 6 nitrogen and oxygen atoms in total. The number of hydrogen-bond donors (Lipinski definition) is 0. The maximum absolute atomic E-state index is 13.4. The topological polar surface area (TPSA) is 66.9 Å². The van der Waals surface area contributed by atoms with Crippen LogP contribution in [-0.2, 0) is 14.8 Å². The normalized spacial score (nSPS) is 22.2. The van der Waals surface area contributed by atoms with Crippen LogP contribution in [0.1, 0.15) is 43.7 Å². The fraction of sp³-hybridized carbons (Fsp3) is 0.650. The first kappa shape index (κ1) is 20.1. The van der Waals surface area contributed by atoms with E-state index in [2.05, 4.69) is 6.92 Å². The van der Waals surface area contributed by atoms with Gasteiger partial charge in [0.2, 0.25) is 15.9 Å². The van der Waals surface area contributed by atoms with Gasteiger partial charge in [-0.05, 0) is 68.7 Å². The molecule has 1 amide bonds. The Bertz CT molecular complexity index is 814. The summed E-state index contributed by atoms with van der Waals surface area (Å²) in [5.41, 5.74) is 1.41. The minimum Gasteiger partial charge on any atom is -0.496 e.